The summed E-state index contributed by atoms with van der Waals surface area (Å²) in [5.41, 5.74) is 0.942. The molecule has 0 unspecified atom stereocenters. The highest BCUT2D eigenvalue weighted by Crippen LogP contribution is 2.06. The summed E-state index contributed by atoms with van der Waals surface area (Å²) in [6.45, 7) is 4.17. The predicted molar refractivity (Wildman–Crippen MR) is 94.5 cm³/mol. The molecule has 1 heterocycles. The third kappa shape index (κ3) is 7.41. The van der Waals surface area contributed by atoms with E-state index in [1.54, 1.807) is 17.3 Å². The largest absolute Gasteiger partial charge is 0.347 e. The van der Waals surface area contributed by atoms with E-state index in [-0.39, 0.29) is 5.91 Å². The molecule has 130 valence electrons. The van der Waals surface area contributed by atoms with Crippen LogP contribution < -0.4 is 4.90 Å². The molecule has 6 nitrogen and oxygen atoms in total. The number of aromatic nitrogens is 2. The molecular weight excluding hydrogens is 290 g/mol. The van der Waals surface area contributed by atoms with Crippen molar-refractivity contribution in [3.8, 4) is 0 Å². The Morgan fingerprint density at radius 3 is 2.26 bits per heavy atom. The van der Waals surface area contributed by atoms with Crippen molar-refractivity contribution >= 4 is 11.9 Å². The van der Waals surface area contributed by atoms with Gasteiger partial charge in [-0.3, -0.25) is 9.69 Å². The number of carbonyl (C=O) groups excluding carboxylic acids is 1. The van der Waals surface area contributed by atoms with Crippen LogP contribution in [-0.4, -0.2) is 67.0 Å². The molecule has 0 N–H and O–H groups in total. The van der Waals surface area contributed by atoms with Gasteiger partial charge in [-0.2, -0.15) is 0 Å². The summed E-state index contributed by atoms with van der Waals surface area (Å²) in [4.78, 5) is 26.5. The first-order chi connectivity index (χ1) is 10.9. The maximum absolute atomic E-state index is 12.3. The molecule has 0 fully saturated rings. The normalized spacial score (nSPS) is 10.9. The maximum Gasteiger partial charge on any atom is 0.236 e. The van der Waals surface area contributed by atoms with E-state index in [2.05, 4.69) is 21.8 Å². The van der Waals surface area contributed by atoms with Crippen molar-refractivity contribution in [2.24, 2.45) is 0 Å². The lowest BCUT2D eigenvalue weighted by molar-refractivity contribution is -0.131. The SMILES string of the molecule is CCCCCCN(C)CC(=O)N(C)Cc1cnc(N(C)C)nc1. The van der Waals surface area contributed by atoms with E-state index in [1.165, 1.54) is 19.3 Å². The van der Waals surface area contributed by atoms with Gasteiger partial charge in [0, 0.05) is 45.6 Å². The first-order valence-corrected chi connectivity index (χ1v) is 8.34. The standard InChI is InChI=1S/C17H31N5O/c1-6-7-8-9-10-21(4)14-16(23)22(5)13-15-11-18-17(19-12-15)20(2)3/h11-12H,6-10,13-14H2,1-5H3. The van der Waals surface area contributed by atoms with Crippen molar-refractivity contribution in [2.45, 2.75) is 39.2 Å². The van der Waals surface area contributed by atoms with Crippen LogP contribution in [0.4, 0.5) is 5.95 Å². The molecule has 23 heavy (non-hydrogen) atoms. The number of amides is 1. The van der Waals surface area contributed by atoms with E-state index >= 15 is 0 Å². The van der Waals surface area contributed by atoms with Crippen molar-refractivity contribution in [2.75, 3.05) is 46.2 Å². The maximum atomic E-state index is 12.3. The van der Waals surface area contributed by atoms with Crippen LogP contribution in [0.25, 0.3) is 0 Å². The summed E-state index contributed by atoms with van der Waals surface area (Å²) < 4.78 is 0. The Labute approximate surface area is 140 Å². The van der Waals surface area contributed by atoms with E-state index in [0.717, 1.165) is 18.5 Å². The zero-order chi connectivity index (χ0) is 17.2. The van der Waals surface area contributed by atoms with Crippen LogP contribution in [-0.2, 0) is 11.3 Å². The topological polar surface area (TPSA) is 52.6 Å². The van der Waals surface area contributed by atoms with Gasteiger partial charge in [-0.25, -0.2) is 9.97 Å². The third-order valence-electron chi connectivity index (χ3n) is 3.74. The minimum atomic E-state index is 0.125. The smallest absolute Gasteiger partial charge is 0.236 e. The fourth-order valence-electron chi connectivity index (χ4n) is 2.26. The molecule has 0 aliphatic carbocycles. The number of hydrogen-bond donors (Lipinski definition) is 0. The Morgan fingerprint density at radius 1 is 1.04 bits per heavy atom. The minimum Gasteiger partial charge on any atom is -0.347 e. The second kappa shape index (κ2) is 10.2. The number of nitrogens with zero attached hydrogens (tertiary/aromatic N) is 5. The lowest BCUT2D eigenvalue weighted by atomic mass is 10.2. The summed E-state index contributed by atoms with van der Waals surface area (Å²) >= 11 is 0. The van der Waals surface area contributed by atoms with Gasteiger partial charge in [0.05, 0.1) is 6.54 Å². The number of carbonyl (C=O) groups is 1. The van der Waals surface area contributed by atoms with Crippen LogP contribution in [0.2, 0.25) is 0 Å². The van der Waals surface area contributed by atoms with Gasteiger partial charge >= 0.3 is 0 Å². The monoisotopic (exact) mass is 321 g/mol. The Kier molecular flexibility index (Phi) is 8.55. The molecule has 0 spiro atoms. The van der Waals surface area contributed by atoms with Gasteiger partial charge in [0.25, 0.3) is 0 Å². The van der Waals surface area contributed by atoms with Crippen LogP contribution >= 0.6 is 0 Å². The quantitative estimate of drug-likeness (QED) is 0.617. The molecule has 6 heteroatoms. The predicted octanol–water partition coefficient (Wildman–Crippen LogP) is 2.01. The molecule has 1 amide bonds. The highest BCUT2D eigenvalue weighted by atomic mass is 16.2. The Morgan fingerprint density at radius 2 is 1.70 bits per heavy atom. The fourth-order valence-corrected chi connectivity index (χ4v) is 2.26. The lowest BCUT2D eigenvalue weighted by Gasteiger charge is -2.22. The van der Waals surface area contributed by atoms with Gasteiger partial charge in [0.1, 0.15) is 0 Å². The highest BCUT2D eigenvalue weighted by molar-refractivity contribution is 5.77. The van der Waals surface area contributed by atoms with E-state index in [9.17, 15) is 4.79 Å². The first-order valence-electron chi connectivity index (χ1n) is 8.34. The van der Waals surface area contributed by atoms with Crippen molar-refractivity contribution < 1.29 is 4.79 Å². The average molecular weight is 321 g/mol. The molecule has 0 saturated heterocycles. The Hall–Kier alpha value is -1.69. The second-order valence-electron chi connectivity index (χ2n) is 6.33. The zero-order valence-corrected chi connectivity index (χ0v) is 15.2. The van der Waals surface area contributed by atoms with Gasteiger partial charge in [-0.1, -0.05) is 26.2 Å². The van der Waals surface area contributed by atoms with Crippen molar-refractivity contribution in [1.29, 1.82) is 0 Å². The molecule has 0 aromatic carbocycles. The first kappa shape index (κ1) is 19.4. The molecule has 0 saturated carbocycles. The van der Waals surface area contributed by atoms with E-state index in [4.69, 9.17) is 0 Å². The van der Waals surface area contributed by atoms with E-state index < -0.39 is 0 Å². The average Bonchev–Trinajstić information content (AvgIpc) is 2.52. The second-order valence-corrected chi connectivity index (χ2v) is 6.33. The van der Waals surface area contributed by atoms with Gasteiger partial charge in [0.15, 0.2) is 0 Å². The highest BCUT2D eigenvalue weighted by Gasteiger charge is 2.12. The molecule has 0 radical (unpaired) electrons. The lowest BCUT2D eigenvalue weighted by Crippen LogP contribution is -2.36. The number of anilines is 1. The van der Waals surface area contributed by atoms with E-state index in [0.29, 0.717) is 19.0 Å². The van der Waals surface area contributed by atoms with Crippen molar-refractivity contribution in [3.05, 3.63) is 18.0 Å². The molecule has 1 rings (SSSR count). The number of hydrogen-bond acceptors (Lipinski definition) is 5. The van der Waals surface area contributed by atoms with Crippen LogP contribution in [0.3, 0.4) is 0 Å². The summed E-state index contributed by atoms with van der Waals surface area (Å²) in [7, 11) is 7.64. The van der Waals surface area contributed by atoms with Crippen LogP contribution in [0.5, 0.6) is 0 Å². The van der Waals surface area contributed by atoms with Crippen LogP contribution in [0, 0.1) is 0 Å². The molecule has 0 aliphatic rings. The molecular formula is C17H31N5O. The van der Waals surface area contributed by atoms with Gasteiger partial charge in [-0.15, -0.1) is 0 Å². The van der Waals surface area contributed by atoms with Crippen LogP contribution in [0.15, 0.2) is 12.4 Å². The number of likely N-dealkylation sites (N-methyl/N-ethyl adjacent to an activating group) is 2. The Balaban J connectivity index is 2.38. The molecule has 0 atom stereocenters. The molecule has 0 aliphatic heterocycles. The van der Waals surface area contributed by atoms with Crippen molar-refractivity contribution in [1.82, 2.24) is 19.8 Å². The molecule has 1 aromatic heterocycles. The van der Waals surface area contributed by atoms with Crippen molar-refractivity contribution in [3.63, 3.8) is 0 Å². The number of rotatable bonds is 10. The van der Waals surface area contributed by atoms with E-state index in [1.807, 2.05) is 33.1 Å². The zero-order valence-electron chi connectivity index (χ0n) is 15.2. The van der Waals surface area contributed by atoms with Crippen LogP contribution in [0.1, 0.15) is 38.2 Å². The van der Waals surface area contributed by atoms with Gasteiger partial charge in [-0.05, 0) is 20.0 Å². The van der Waals surface area contributed by atoms with Gasteiger partial charge < -0.3 is 9.80 Å². The number of unbranched alkanes of at least 4 members (excludes halogenated alkanes) is 3. The summed E-state index contributed by atoms with van der Waals surface area (Å²) in [5, 5.41) is 0. The third-order valence-corrected chi connectivity index (χ3v) is 3.74. The molecule has 1 aromatic rings. The van der Waals surface area contributed by atoms with Gasteiger partial charge in [0.2, 0.25) is 11.9 Å². The Bertz CT molecular complexity index is 461. The fraction of sp³-hybridized carbons (Fsp3) is 0.706. The summed E-state index contributed by atoms with van der Waals surface area (Å²) in [6.07, 6.45) is 8.45. The minimum absolute atomic E-state index is 0.125. The molecule has 0 bridgehead atoms. The summed E-state index contributed by atoms with van der Waals surface area (Å²) in [6, 6.07) is 0. The summed E-state index contributed by atoms with van der Waals surface area (Å²) in [5.74, 6) is 0.800.